The number of halogens is 2. The van der Waals surface area contributed by atoms with Gasteiger partial charge < -0.3 is 13.8 Å². The lowest BCUT2D eigenvalue weighted by atomic mass is 10.00. The Labute approximate surface area is 143 Å². The van der Waals surface area contributed by atoms with Gasteiger partial charge in [-0.3, -0.25) is 10.1 Å². The van der Waals surface area contributed by atoms with Crippen LogP contribution in [0.25, 0.3) is 0 Å². The highest BCUT2D eigenvalue weighted by atomic mass is 35.5. The lowest BCUT2D eigenvalue weighted by Gasteiger charge is -2.21. The summed E-state index contributed by atoms with van der Waals surface area (Å²) in [4.78, 5) is 10.8. The van der Waals surface area contributed by atoms with E-state index in [1.165, 1.54) is 7.11 Å². The SMILES string of the molecule is COP(C)(=S)Oc1c(Cl)c(Cl)c([N+](=O)[O-])c2c1OC(C)(C)C2. The van der Waals surface area contributed by atoms with Gasteiger partial charge in [-0.25, -0.2) is 0 Å². The number of hydrogen-bond acceptors (Lipinski definition) is 6. The van der Waals surface area contributed by atoms with Crippen molar-refractivity contribution in [1.29, 1.82) is 0 Å². The molecule has 1 unspecified atom stereocenters. The molecule has 10 heteroatoms. The second-order valence-corrected chi connectivity index (χ2v) is 10.3. The van der Waals surface area contributed by atoms with Gasteiger partial charge in [0.1, 0.15) is 15.6 Å². The fraction of sp³-hybridized carbons (Fsp3) is 0.500. The maximum absolute atomic E-state index is 11.3. The number of ether oxygens (including phenoxy) is 1. The van der Waals surface area contributed by atoms with Crippen molar-refractivity contribution in [1.82, 2.24) is 0 Å². The molecule has 0 amide bonds. The fourth-order valence-corrected chi connectivity index (χ4v) is 3.51. The molecule has 1 aromatic rings. The van der Waals surface area contributed by atoms with Crippen LogP contribution in [0.3, 0.4) is 0 Å². The lowest BCUT2D eigenvalue weighted by molar-refractivity contribution is -0.385. The molecule has 1 aliphatic heterocycles. The third kappa shape index (κ3) is 3.19. The number of nitro groups is 1. The van der Waals surface area contributed by atoms with Gasteiger partial charge in [-0.05, 0) is 25.7 Å². The first kappa shape index (κ1) is 17.8. The molecule has 0 aromatic heterocycles. The third-order valence-electron chi connectivity index (χ3n) is 3.12. The Kier molecular flexibility index (Phi) is 4.68. The second kappa shape index (κ2) is 5.80. The highest BCUT2D eigenvalue weighted by molar-refractivity contribution is 8.09. The van der Waals surface area contributed by atoms with E-state index >= 15 is 0 Å². The molecule has 0 fully saturated rings. The molecule has 0 bridgehead atoms. The van der Waals surface area contributed by atoms with Crippen LogP contribution < -0.4 is 9.26 Å². The summed E-state index contributed by atoms with van der Waals surface area (Å²) in [6.07, 6.45) is 0.311. The predicted molar refractivity (Wildman–Crippen MR) is 89.4 cm³/mol. The first-order valence-corrected chi connectivity index (χ1v) is 10.0. The van der Waals surface area contributed by atoms with Crippen LogP contribution in [0.4, 0.5) is 5.69 Å². The molecular formula is C12H14Cl2NO5PS. The van der Waals surface area contributed by atoms with E-state index < -0.39 is 17.0 Å². The first-order chi connectivity index (χ1) is 9.99. The van der Waals surface area contributed by atoms with Crippen LogP contribution in [0.5, 0.6) is 11.5 Å². The van der Waals surface area contributed by atoms with E-state index in [4.69, 9.17) is 48.8 Å². The Hall–Kier alpha value is -0.590. The van der Waals surface area contributed by atoms with Gasteiger partial charge in [0.05, 0.1) is 10.5 Å². The molecule has 1 heterocycles. The van der Waals surface area contributed by atoms with E-state index in [9.17, 15) is 10.1 Å². The van der Waals surface area contributed by atoms with Crippen molar-refractivity contribution < 1.29 is 18.7 Å². The second-order valence-electron chi connectivity index (χ2n) is 5.45. The summed E-state index contributed by atoms with van der Waals surface area (Å²) >= 11 is 17.4. The van der Waals surface area contributed by atoms with Gasteiger partial charge in [-0.2, -0.15) is 0 Å². The van der Waals surface area contributed by atoms with E-state index in [0.717, 1.165) is 0 Å². The van der Waals surface area contributed by atoms with Crippen molar-refractivity contribution in [3.05, 3.63) is 25.7 Å². The van der Waals surface area contributed by atoms with Gasteiger partial charge in [-0.15, -0.1) is 0 Å². The van der Waals surface area contributed by atoms with Crippen LogP contribution in [0.1, 0.15) is 19.4 Å². The Balaban J connectivity index is 2.72. The van der Waals surface area contributed by atoms with Gasteiger partial charge in [0.2, 0.25) is 6.49 Å². The minimum atomic E-state index is -2.61. The third-order valence-corrected chi connectivity index (χ3v) is 5.79. The van der Waals surface area contributed by atoms with E-state index in [1.54, 1.807) is 20.5 Å². The van der Waals surface area contributed by atoms with E-state index in [1.807, 2.05) is 0 Å². The fourth-order valence-electron chi connectivity index (χ4n) is 2.17. The number of fused-ring (bicyclic) bond motifs is 1. The summed E-state index contributed by atoms with van der Waals surface area (Å²) in [6, 6.07) is 0. The standard InChI is InChI=1S/C12H14Cl2NO5PS/c1-12(2)5-6-9(15(16)17)7(13)8(14)11(10(6)19-12)20-21(4,22)18-3/h5H2,1-4H3. The van der Waals surface area contributed by atoms with Gasteiger partial charge in [0.15, 0.2) is 11.5 Å². The lowest BCUT2D eigenvalue weighted by Crippen LogP contribution is -2.24. The highest BCUT2D eigenvalue weighted by Crippen LogP contribution is 2.58. The molecule has 1 atom stereocenters. The molecule has 0 saturated heterocycles. The number of nitrogens with zero attached hydrogens (tertiary/aromatic N) is 1. The van der Waals surface area contributed by atoms with Crippen LogP contribution in [0.2, 0.25) is 10.0 Å². The molecule has 2 rings (SSSR count). The average Bonchev–Trinajstić information content (AvgIpc) is 2.70. The van der Waals surface area contributed by atoms with Gasteiger partial charge in [-0.1, -0.05) is 23.2 Å². The Morgan fingerprint density at radius 2 is 2.00 bits per heavy atom. The van der Waals surface area contributed by atoms with Gasteiger partial charge in [0.25, 0.3) is 5.69 Å². The van der Waals surface area contributed by atoms with Crippen LogP contribution in [-0.4, -0.2) is 24.3 Å². The van der Waals surface area contributed by atoms with Crippen molar-refractivity contribution >= 4 is 47.2 Å². The van der Waals surface area contributed by atoms with Crippen molar-refractivity contribution in [2.75, 3.05) is 13.8 Å². The van der Waals surface area contributed by atoms with E-state index in [0.29, 0.717) is 12.0 Å². The molecule has 0 aliphatic carbocycles. The molecule has 1 aromatic carbocycles. The summed E-state index contributed by atoms with van der Waals surface area (Å²) in [5.41, 5.74) is -0.547. The molecule has 0 radical (unpaired) electrons. The normalized spacial score (nSPS) is 18.3. The topological polar surface area (TPSA) is 70.8 Å². The molecule has 1 aliphatic rings. The molecule has 0 N–H and O–H groups in total. The Morgan fingerprint density at radius 1 is 1.41 bits per heavy atom. The molecule has 0 saturated carbocycles. The summed E-state index contributed by atoms with van der Waals surface area (Å²) in [6.45, 7) is 2.61. The largest absolute Gasteiger partial charge is 0.483 e. The number of benzene rings is 1. The maximum Gasteiger partial charge on any atom is 0.296 e. The molecule has 122 valence electrons. The first-order valence-electron chi connectivity index (χ1n) is 6.19. The van der Waals surface area contributed by atoms with Crippen LogP contribution in [0, 0.1) is 10.1 Å². The Bertz CT molecular complexity index is 709. The van der Waals surface area contributed by atoms with Crippen molar-refractivity contribution in [2.45, 2.75) is 25.9 Å². The zero-order valence-electron chi connectivity index (χ0n) is 12.3. The molecule has 22 heavy (non-hydrogen) atoms. The smallest absolute Gasteiger partial charge is 0.296 e. The summed E-state index contributed by atoms with van der Waals surface area (Å²) in [5.74, 6) is 0.310. The van der Waals surface area contributed by atoms with Crippen molar-refractivity contribution in [3.63, 3.8) is 0 Å². The van der Waals surface area contributed by atoms with Crippen molar-refractivity contribution in [2.24, 2.45) is 0 Å². The molecular weight excluding hydrogens is 372 g/mol. The van der Waals surface area contributed by atoms with Crippen LogP contribution in [0.15, 0.2) is 0 Å². The van der Waals surface area contributed by atoms with Crippen LogP contribution >= 0.6 is 29.7 Å². The zero-order valence-corrected chi connectivity index (χ0v) is 15.5. The molecule has 0 spiro atoms. The Morgan fingerprint density at radius 3 is 2.50 bits per heavy atom. The van der Waals surface area contributed by atoms with E-state index in [-0.39, 0.29) is 27.2 Å². The van der Waals surface area contributed by atoms with Crippen molar-refractivity contribution in [3.8, 4) is 11.5 Å². The monoisotopic (exact) mass is 385 g/mol. The van der Waals surface area contributed by atoms with Crippen LogP contribution in [-0.2, 0) is 22.8 Å². The van der Waals surface area contributed by atoms with E-state index in [2.05, 4.69) is 0 Å². The number of rotatable bonds is 4. The molecule has 6 nitrogen and oxygen atoms in total. The number of nitro benzene ring substituents is 1. The number of hydrogen-bond donors (Lipinski definition) is 0. The van der Waals surface area contributed by atoms with Gasteiger partial charge >= 0.3 is 0 Å². The maximum atomic E-state index is 11.3. The average molecular weight is 386 g/mol. The summed E-state index contributed by atoms with van der Waals surface area (Å²) in [5, 5.41) is 11.0. The zero-order chi connectivity index (χ0) is 16.9. The minimum Gasteiger partial charge on any atom is -0.483 e. The highest BCUT2D eigenvalue weighted by Gasteiger charge is 2.42. The predicted octanol–water partition coefficient (Wildman–Crippen LogP) is 4.58. The quantitative estimate of drug-likeness (QED) is 0.429. The van der Waals surface area contributed by atoms with Gasteiger partial charge in [0, 0.05) is 20.2 Å². The summed E-state index contributed by atoms with van der Waals surface area (Å²) < 4.78 is 16.6. The minimum absolute atomic E-state index is 0.0991. The summed E-state index contributed by atoms with van der Waals surface area (Å²) in [7, 11) is 1.42.